The van der Waals surface area contributed by atoms with Crippen molar-refractivity contribution in [3.8, 4) is 0 Å². The molecule has 24 heavy (non-hydrogen) atoms. The summed E-state index contributed by atoms with van der Waals surface area (Å²) in [5.74, 6) is 2.08. The number of hydrogen-bond acceptors (Lipinski definition) is 5. The Balaban J connectivity index is 1.48. The molecule has 0 aliphatic carbocycles. The van der Waals surface area contributed by atoms with Crippen LogP contribution in [-0.4, -0.2) is 50.1 Å². The minimum atomic E-state index is 0.448. The third-order valence-electron chi connectivity index (χ3n) is 4.79. The number of hydrogen-bond donors (Lipinski definition) is 0. The van der Waals surface area contributed by atoms with Gasteiger partial charge >= 0.3 is 0 Å². The van der Waals surface area contributed by atoms with Gasteiger partial charge in [-0.25, -0.2) is 9.97 Å². The lowest BCUT2D eigenvalue weighted by Crippen LogP contribution is -2.52. The summed E-state index contributed by atoms with van der Waals surface area (Å²) in [7, 11) is 2.05. The second kappa shape index (κ2) is 6.20. The summed E-state index contributed by atoms with van der Waals surface area (Å²) in [5, 5.41) is 0. The van der Waals surface area contributed by atoms with Crippen LogP contribution in [0.5, 0.6) is 0 Å². The van der Waals surface area contributed by atoms with Crippen molar-refractivity contribution >= 4 is 16.9 Å². The fraction of sp³-hybridized carbons (Fsp3) is 0.389. The minimum Gasteiger partial charge on any atom is -0.352 e. The first-order valence-electron chi connectivity index (χ1n) is 8.38. The van der Waals surface area contributed by atoms with Crippen molar-refractivity contribution in [1.82, 2.24) is 24.4 Å². The zero-order chi connectivity index (χ0) is 16.5. The number of nitrogens with zero attached hydrogens (tertiary/aromatic N) is 6. The molecule has 124 valence electrons. The Labute approximate surface area is 141 Å². The lowest BCUT2D eigenvalue weighted by Gasteiger charge is -2.40. The SMILES string of the molecule is C[C@@H]1CN(c2cnc3ccccc3n2)CCN1Cc1nccn1C. The zero-order valence-corrected chi connectivity index (χ0v) is 14.1. The highest BCUT2D eigenvalue weighted by Gasteiger charge is 2.25. The Morgan fingerprint density at radius 1 is 1.12 bits per heavy atom. The molecule has 3 heterocycles. The van der Waals surface area contributed by atoms with Crippen LogP contribution < -0.4 is 4.90 Å². The molecule has 0 saturated carbocycles. The second-order valence-electron chi connectivity index (χ2n) is 6.44. The summed E-state index contributed by atoms with van der Waals surface area (Å²) in [5.41, 5.74) is 1.90. The van der Waals surface area contributed by atoms with E-state index < -0.39 is 0 Å². The summed E-state index contributed by atoms with van der Waals surface area (Å²) >= 11 is 0. The summed E-state index contributed by atoms with van der Waals surface area (Å²) in [6.07, 6.45) is 5.76. The van der Waals surface area contributed by atoms with Crippen LogP contribution >= 0.6 is 0 Å². The number of anilines is 1. The molecule has 0 bridgehead atoms. The molecule has 2 aromatic heterocycles. The first-order valence-corrected chi connectivity index (χ1v) is 8.38. The first kappa shape index (κ1) is 15.1. The highest BCUT2D eigenvalue weighted by molar-refractivity contribution is 5.75. The van der Waals surface area contributed by atoms with Crippen molar-refractivity contribution < 1.29 is 0 Å². The van der Waals surface area contributed by atoms with Gasteiger partial charge in [-0.2, -0.15) is 0 Å². The average Bonchev–Trinajstić information content (AvgIpc) is 3.01. The van der Waals surface area contributed by atoms with E-state index in [-0.39, 0.29) is 0 Å². The summed E-state index contributed by atoms with van der Waals surface area (Å²) in [4.78, 5) is 18.6. The molecule has 0 unspecified atom stereocenters. The lowest BCUT2D eigenvalue weighted by molar-refractivity contribution is 0.174. The van der Waals surface area contributed by atoms with E-state index in [2.05, 4.69) is 31.3 Å². The van der Waals surface area contributed by atoms with E-state index in [1.165, 1.54) is 0 Å². The van der Waals surface area contributed by atoms with E-state index in [0.29, 0.717) is 6.04 Å². The second-order valence-corrected chi connectivity index (χ2v) is 6.44. The molecule has 6 heteroatoms. The molecule has 4 rings (SSSR count). The third kappa shape index (κ3) is 2.85. The van der Waals surface area contributed by atoms with Crippen molar-refractivity contribution in [2.45, 2.75) is 19.5 Å². The summed E-state index contributed by atoms with van der Waals surface area (Å²) in [6, 6.07) is 8.47. The number of rotatable bonds is 3. The van der Waals surface area contributed by atoms with Crippen molar-refractivity contribution in [3.05, 3.63) is 48.7 Å². The van der Waals surface area contributed by atoms with Crippen LogP contribution in [0, 0.1) is 0 Å². The Morgan fingerprint density at radius 2 is 1.96 bits per heavy atom. The molecule has 0 radical (unpaired) electrons. The number of benzene rings is 1. The zero-order valence-electron chi connectivity index (χ0n) is 14.1. The molecule has 1 aliphatic heterocycles. The smallest absolute Gasteiger partial charge is 0.147 e. The number of fused-ring (bicyclic) bond motifs is 1. The van der Waals surface area contributed by atoms with Gasteiger partial charge in [-0.15, -0.1) is 0 Å². The highest BCUT2D eigenvalue weighted by atomic mass is 15.3. The quantitative estimate of drug-likeness (QED) is 0.739. The van der Waals surface area contributed by atoms with Gasteiger partial charge in [-0.05, 0) is 19.1 Å². The van der Waals surface area contributed by atoms with E-state index in [0.717, 1.165) is 48.9 Å². The highest BCUT2D eigenvalue weighted by Crippen LogP contribution is 2.20. The van der Waals surface area contributed by atoms with Gasteiger partial charge in [0.05, 0.1) is 23.8 Å². The number of piperazine rings is 1. The number of para-hydroxylation sites is 2. The first-order chi connectivity index (χ1) is 11.7. The van der Waals surface area contributed by atoms with Gasteiger partial charge in [0.15, 0.2) is 0 Å². The van der Waals surface area contributed by atoms with Crippen LogP contribution in [0.3, 0.4) is 0 Å². The van der Waals surface area contributed by atoms with Crippen LogP contribution in [0.2, 0.25) is 0 Å². The molecule has 1 fully saturated rings. The van der Waals surface area contributed by atoms with Crippen molar-refractivity contribution in [3.63, 3.8) is 0 Å². The van der Waals surface area contributed by atoms with Crippen LogP contribution in [0.4, 0.5) is 5.82 Å². The van der Waals surface area contributed by atoms with Crippen LogP contribution in [0.25, 0.3) is 11.0 Å². The number of aryl methyl sites for hydroxylation is 1. The molecule has 0 amide bonds. The van der Waals surface area contributed by atoms with E-state index in [1.807, 2.05) is 49.9 Å². The van der Waals surface area contributed by atoms with Crippen molar-refractivity contribution in [2.75, 3.05) is 24.5 Å². The van der Waals surface area contributed by atoms with Gasteiger partial charge in [0, 0.05) is 45.1 Å². The van der Waals surface area contributed by atoms with Gasteiger partial charge < -0.3 is 9.47 Å². The molecule has 1 saturated heterocycles. The maximum absolute atomic E-state index is 4.78. The Kier molecular flexibility index (Phi) is 3.90. The van der Waals surface area contributed by atoms with E-state index >= 15 is 0 Å². The van der Waals surface area contributed by atoms with Crippen molar-refractivity contribution in [1.29, 1.82) is 0 Å². The van der Waals surface area contributed by atoms with Gasteiger partial charge in [0.2, 0.25) is 0 Å². The Morgan fingerprint density at radius 3 is 2.71 bits per heavy atom. The summed E-state index contributed by atoms with van der Waals surface area (Å²) in [6.45, 7) is 6.08. The average molecular weight is 322 g/mol. The standard InChI is InChI=1S/C18H22N6/c1-14-12-24(10-9-23(14)13-18-19-7-8-22(18)2)17-11-20-15-5-3-4-6-16(15)21-17/h3-8,11,14H,9-10,12-13H2,1-2H3/t14-/m1/s1. The number of imidazole rings is 1. The molecule has 3 aromatic rings. The fourth-order valence-electron chi connectivity index (χ4n) is 3.27. The molecule has 1 atom stereocenters. The molecule has 0 spiro atoms. The Bertz CT molecular complexity index is 842. The van der Waals surface area contributed by atoms with E-state index in [4.69, 9.17) is 4.98 Å². The van der Waals surface area contributed by atoms with Gasteiger partial charge in [0.25, 0.3) is 0 Å². The van der Waals surface area contributed by atoms with Crippen LogP contribution in [0.15, 0.2) is 42.9 Å². The molecular formula is C18H22N6. The van der Waals surface area contributed by atoms with E-state index in [9.17, 15) is 0 Å². The van der Waals surface area contributed by atoms with Crippen LogP contribution in [0.1, 0.15) is 12.7 Å². The predicted molar refractivity (Wildman–Crippen MR) is 94.8 cm³/mol. The Hall–Kier alpha value is -2.47. The maximum Gasteiger partial charge on any atom is 0.147 e. The molecular weight excluding hydrogens is 300 g/mol. The fourth-order valence-corrected chi connectivity index (χ4v) is 3.27. The largest absolute Gasteiger partial charge is 0.352 e. The van der Waals surface area contributed by atoms with Gasteiger partial charge in [-0.1, -0.05) is 12.1 Å². The minimum absolute atomic E-state index is 0.448. The topological polar surface area (TPSA) is 50.1 Å². The predicted octanol–water partition coefficient (Wildman–Crippen LogP) is 2.07. The van der Waals surface area contributed by atoms with E-state index in [1.54, 1.807) is 0 Å². The molecule has 1 aromatic carbocycles. The number of aromatic nitrogens is 4. The van der Waals surface area contributed by atoms with Gasteiger partial charge in [-0.3, -0.25) is 9.88 Å². The molecule has 6 nitrogen and oxygen atoms in total. The third-order valence-corrected chi connectivity index (χ3v) is 4.79. The van der Waals surface area contributed by atoms with Gasteiger partial charge in [0.1, 0.15) is 11.6 Å². The maximum atomic E-state index is 4.78. The lowest BCUT2D eigenvalue weighted by atomic mass is 10.2. The molecule has 1 aliphatic rings. The normalized spacial score (nSPS) is 19.1. The summed E-state index contributed by atoms with van der Waals surface area (Å²) < 4.78 is 2.09. The molecule has 0 N–H and O–H groups in total. The van der Waals surface area contributed by atoms with Crippen LogP contribution in [-0.2, 0) is 13.6 Å². The monoisotopic (exact) mass is 322 g/mol. The van der Waals surface area contributed by atoms with Crippen molar-refractivity contribution in [2.24, 2.45) is 7.05 Å².